The smallest absolute Gasteiger partial charge is 0.248 e. The van der Waals surface area contributed by atoms with Gasteiger partial charge >= 0.3 is 0 Å². The first-order chi connectivity index (χ1) is 10.0. The first-order valence-corrected chi connectivity index (χ1v) is 8.13. The van der Waals surface area contributed by atoms with Crippen molar-refractivity contribution in [3.05, 3.63) is 64.6 Å². The Morgan fingerprint density at radius 3 is 2.52 bits per heavy atom. The Labute approximate surface area is 124 Å². The zero-order chi connectivity index (χ0) is 15.3. The van der Waals surface area contributed by atoms with Crippen LogP contribution < -0.4 is 5.43 Å². The van der Waals surface area contributed by atoms with Gasteiger partial charge < -0.3 is 4.98 Å². The van der Waals surface area contributed by atoms with Crippen molar-refractivity contribution in [2.75, 3.05) is 13.6 Å². The van der Waals surface area contributed by atoms with Crippen LogP contribution in [0, 0.1) is 0 Å². The highest BCUT2D eigenvalue weighted by Gasteiger charge is 2.22. The summed E-state index contributed by atoms with van der Waals surface area (Å²) in [5.41, 5.74) is 0.671. The van der Waals surface area contributed by atoms with Crippen LogP contribution in [0.4, 0.5) is 0 Å². The zero-order valence-corrected chi connectivity index (χ0v) is 12.6. The van der Waals surface area contributed by atoms with Crippen LogP contribution in [-0.2, 0) is 16.4 Å². The summed E-state index contributed by atoms with van der Waals surface area (Å²) in [6.45, 7) is 0.367. The molecule has 1 N–H and O–H groups in total. The number of benzene rings is 1. The van der Waals surface area contributed by atoms with Gasteiger partial charge in [-0.1, -0.05) is 30.3 Å². The van der Waals surface area contributed by atoms with Crippen LogP contribution in [0.2, 0.25) is 0 Å². The molecular weight excluding hydrogens is 288 g/mol. The number of aryl methyl sites for hydroxylation is 1. The number of aromatic amines is 1. The van der Waals surface area contributed by atoms with Gasteiger partial charge in [0.2, 0.25) is 15.5 Å². The van der Waals surface area contributed by atoms with E-state index < -0.39 is 15.5 Å². The molecule has 1 heterocycles. The summed E-state index contributed by atoms with van der Waals surface area (Å²) >= 11 is 0. The SMILES string of the molecule is CN(CCCc1ccccc1)S(=O)(=O)c1c[nH]ccc1=O. The molecule has 0 unspecified atom stereocenters. The molecule has 0 radical (unpaired) electrons. The van der Waals surface area contributed by atoms with Gasteiger partial charge in [0.15, 0.2) is 0 Å². The average Bonchev–Trinajstić information content (AvgIpc) is 2.48. The molecule has 1 aromatic heterocycles. The largest absolute Gasteiger partial charge is 0.366 e. The molecule has 6 heteroatoms. The van der Waals surface area contributed by atoms with E-state index in [1.807, 2.05) is 30.3 Å². The standard InChI is InChI=1S/C15H18N2O3S/c1-17(11-5-8-13-6-3-2-4-7-13)21(19,20)15-12-16-10-9-14(15)18/h2-4,6-7,9-10,12H,5,8,11H2,1H3,(H,16,18). The number of aromatic nitrogens is 1. The Kier molecular flexibility index (Phi) is 4.93. The molecule has 0 aliphatic carbocycles. The number of rotatable bonds is 6. The highest BCUT2D eigenvalue weighted by molar-refractivity contribution is 7.89. The summed E-state index contributed by atoms with van der Waals surface area (Å²) < 4.78 is 25.8. The fourth-order valence-electron chi connectivity index (χ4n) is 2.04. The van der Waals surface area contributed by atoms with E-state index in [1.165, 1.54) is 35.4 Å². The first kappa shape index (κ1) is 15.5. The van der Waals surface area contributed by atoms with E-state index in [1.54, 1.807) is 0 Å². The number of sulfonamides is 1. The quantitative estimate of drug-likeness (QED) is 0.882. The van der Waals surface area contributed by atoms with Crippen LogP contribution >= 0.6 is 0 Å². The van der Waals surface area contributed by atoms with Gasteiger partial charge in [-0.3, -0.25) is 4.79 Å². The van der Waals surface area contributed by atoms with Crippen LogP contribution in [-0.4, -0.2) is 31.3 Å². The average molecular weight is 306 g/mol. The molecule has 1 aromatic carbocycles. The van der Waals surface area contributed by atoms with Crippen LogP contribution in [0.15, 0.2) is 58.5 Å². The maximum atomic E-state index is 12.3. The molecule has 2 aromatic rings. The number of hydrogen-bond donors (Lipinski definition) is 1. The third-order valence-electron chi connectivity index (χ3n) is 3.26. The van der Waals surface area contributed by atoms with Crippen LogP contribution in [0.3, 0.4) is 0 Å². The highest BCUT2D eigenvalue weighted by atomic mass is 32.2. The van der Waals surface area contributed by atoms with Crippen molar-refractivity contribution in [2.45, 2.75) is 17.7 Å². The van der Waals surface area contributed by atoms with E-state index in [0.29, 0.717) is 13.0 Å². The summed E-state index contributed by atoms with van der Waals surface area (Å²) in [5, 5.41) is 0. The molecule has 2 rings (SSSR count). The second-order valence-electron chi connectivity index (χ2n) is 4.79. The van der Waals surface area contributed by atoms with Crippen molar-refractivity contribution in [1.29, 1.82) is 0 Å². The maximum absolute atomic E-state index is 12.3. The predicted octanol–water partition coefficient (Wildman–Crippen LogP) is 1.63. The second-order valence-corrected chi connectivity index (χ2v) is 6.80. The lowest BCUT2D eigenvalue weighted by Crippen LogP contribution is -2.31. The Bertz CT molecular complexity index is 739. The Hall–Kier alpha value is -1.92. The van der Waals surface area contributed by atoms with Crippen molar-refractivity contribution in [3.63, 3.8) is 0 Å². The Morgan fingerprint density at radius 2 is 1.86 bits per heavy atom. The third-order valence-corrected chi connectivity index (χ3v) is 5.14. The predicted molar refractivity (Wildman–Crippen MR) is 81.6 cm³/mol. The fraction of sp³-hybridized carbons (Fsp3) is 0.267. The van der Waals surface area contributed by atoms with Gasteiger partial charge in [0, 0.05) is 32.1 Å². The molecule has 0 spiro atoms. The number of nitrogens with zero attached hydrogens (tertiary/aromatic N) is 1. The van der Waals surface area contributed by atoms with Gasteiger partial charge in [-0.15, -0.1) is 0 Å². The number of hydrogen-bond acceptors (Lipinski definition) is 3. The normalized spacial score (nSPS) is 11.7. The first-order valence-electron chi connectivity index (χ1n) is 6.69. The molecule has 0 aliphatic heterocycles. The maximum Gasteiger partial charge on any atom is 0.248 e. The molecule has 0 amide bonds. The second kappa shape index (κ2) is 6.69. The third kappa shape index (κ3) is 3.80. The molecule has 0 saturated carbocycles. The summed E-state index contributed by atoms with van der Waals surface area (Å²) in [6, 6.07) is 11.1. The lowest BCUT2D eigenvalue weighted by Gasteiger charge is -2.16. The van der Waals surface area contributed by atoms with Gasteiger partial charge in [0.1, 0.15) is 4.90 Å². The molecule has 5 nitrogen and oxygen atoms in total. The summed E-state index contributed by atoms with van der Waals surface area (Å²) in [7, 11) is -2.24. The number of H-pyrrole nitrogens is 1. The van der Waals surface area contributed by atoms with Crippen LogP contribution in [0.5, 0.6) is 0 Å². The Balaban J connectivity index is 2.01. The van der Waals surface area contributed by atoms with E-state index in [0.717, 1.165) is 6.42 Å². The van der Waals surface area contributed by atoms with Crippen molar-refractivity contribution < 1.29 is 8.42 Å². The molecule has 0 fully saturated rings. The van der Waals surface area contributed by atoms with Gasteiger partial charge in [-0.25, -0.2) is 12.7 Å². The van der Waals surface area contributed by atoms with E-state index in [-0.39, 0.29) is 4.90 Å². The van der Waals surface area contributed by atoms with Crippen molar-refractivity contribution in [1.82, 2.24) is 9.29 Å². The van der Waals surface area contributed by atoms with Gasteiger partial charge in [-0.2, -0.15) is 0 Å². The molecular formula is C15H18N2O3S. The molecule has 112 valence electrons. The van der Waals surface area contributed by atoms with E-state index in [9.17, 15) is 13.2 Å². The Morgan fingerprint density at radius 1 is 1.14 bits per heavy atom. The lowest BCUT2D eigenvalue weighted by atomic mass is 10.1. The van der Waals surface area contributed by atoms with Gasteiger partial charge in [0.25, 0.3) is 0 Å². The van der Waals surface area contributed by atoms with Crippen molar-refractivity contribution in [3.8, 4) is 0 Å². The lowest BCUT2D eigenvalue weighted by molar-refractivity contribution is 0.460. The molecule has 0 atom stereocenters. The number of nitrogens with one attached hydrogen (secondary N) is 1. The zero-order valence-electron chi connectivity index (χ0n) is 11.8. The van der Waals surface area contributed by atoms with Gasteiger partial charge in [-0.05, 0) is 18.4 Å². The van der Waals surface area contributed by atoms with E-state index >= 15 is 0 Å². The highest BCUT2D eigenvalue weighted by Crippen LogP contribution is 2.10. The van der Waals surface area contributed by atoms with Crippen LogP contribution in [0.1, 0.15) is 12.0 Å². The monoisotopic (exact) mass is 306 g/mol. The fourth-order valence-corrected chi connectivity index (χ4v) is 3.29. The summed E-state index contributed by atoms with van der Waals surface area (Å²) in [5.74, 6) is 0. The molecule has 0 bridgehead atoms. The molecule has 21 heavy (non-hydrogen) atoms. The van der Waals surface area contributed by atoms with E-state index in [4.69, 9.17) is 0 Å². The number of pyridine rings is 1. The molecule has 0 saturated heterocycles. The van der Waals surface area contributed by atoms with E-state index in [2.05, 4.69) is 4.98 Å². The summed E-state index contributed by atoms with van der Waals surface area (Å²) in [6.07, 6.45) is 4.14. The van der Waals surface area contributed by atoms with Crippen molar-refractivity contribution in [2.24, 2.45) is 0 Å². The van der Waals surface area contributed by atoms with Crippen LogP contribution in [0.25, 0.3) is 0 Å². The van der Waals surface area contributed by atoms with Gasteiger partial charge in [0.05, 0.1) is 0 Å². The minimum Gasteiger partial charge on any atom is -0.366 e. The molecule has 0 aliphatic rings. The minimum absolute atomic E-state index is 0.216. The topological polar surface area (TPSA) is 70.2 Å². The minimum atomic E-state index is -3.73. The van der Waals surface area contributed by atoms with Crippen molar-refractivity contribution >= 4 is 10.0 Å². The summed E-state index contributed by atoms with van der Waals surface area (Å²) in [4.78, 5) is 14.1.